The van der Waals surface area contributed by atoms with Gasteiger partial charge in [0, 0.05) is 43.5 Å². The number of imidazole rings is 1. The molecule has 1 aliphatic rings. The number of carboxylic acid groups (broad SMARTS) is 1. The average Bonchev–Trinajstić information content (AvgIpc) is 3.15. The Hall–Kier alpha value is -3.80. The van der Waals surface area contributed by atoms with Gasteiger partial charge in [-0.1, -0.05) is 20.8 Å². The summed E-state index contributed by atoms with van der Waals surface area (Å²) in [5.41, 5.74) is 1.99. The van der Waals surface area contributed by atoms with Gasteiger partial charge in [-0.2, -0.15) is 5.26 Å². The minimum atomic E-state index is -0.899. The maximum absolute atomic E-state index is 11.7. The predicted octanol–water partition coefficient (Wildman–Crippen LogP) is 3.19. The fourth-order valence-electron chi connectivity index (χ4n) is 4.08. The van der Waals surface area contributed by atoms with Gasteiger partial charge in [0.1, 0.15) is 29.0 Å². The molecule has 1 fully saturated rings. The highest BCUT2D eigenvalue weighted by atomic mass is 16.4. The molecule has 1 aliphatic heterocycles. The van der Waals surface area contributed by atoms with Crippen molar-refractivity contribution in [2.75, 3.05) is 24.5 Å². The van der Waals surface area contributed by atoms with Crippen LogP contribution in [0, 0.1) is 16.7 Å². The SMILES string of the molecule is CC(C)(C)C1CN(c2ccc(-c3cc(O)cc4ncc(C#N)n34)cn2)CCN1C(=O)O. The normalized spacial score (nSPS) is 17.0. The van der Waals surface area contributed by atoms with Crippen LogP contribution in [0.2, 0.25) is 0 Å². The molecule has 3 aromatic rings. The molecule has 1 unspecified atom stereocenters. The number of pyridine rings is 2. The zero-order valence-electron chi connectivity index (χ0n) is 17.6. The van der Waals surface area contributed by atoms with E-state index < -0.39 is 6.09 Å². The van der Waals surface area contributed by atoms with E-state index >= 15 is 0 Å². The van der Waals surface area contributed by atoms with E-state index in [4.69, 9.17) is 0 Å². The number of rotatable bonds is 2. The maximum atomic E-state index is 11.7. The van der Waals surface area contributed by atoms with E-state index in [2.05, 4.69) is 20.9 Å². The van der Waals surface area contributed by atoms with Crippen molar-refractivity contribution in [3.8, 4) is 23.1 Å². The quantitative estimate of drug-likeness (QED) is 0.654. The van der Waals surface area contributed by atoms with Gasteiger partial charge in [0.25, 0.3) is 0 Å². The van der Waals surface area contributed by atoms with Crippen molar-refractivity contribution in [2.45, 2.75) is 26.8 Å². The highest BCUT2D eigenvalue weighted by molar-refractivity contribution is 5.68. The first-order valence-electron chi connectivity index (χ1n) is 10.0. The maximum Gasteiger partial charge on any atom is 0.407 e. The highest BCUT2D eigenvalue weighted by Crippen LogP contribution is 2.31. The molecule has 0 bridgehead atoms. The van der Waals surface area contributed by atoms with Crippen LogP contribution in [0.5, 0.6) is 5.75 Å². The molecule has 1 saturated heterocycles. The Kier molecular flexibility index (Phi) is 4.93. The average molecular weight is 420 g/mol. The molecule has 1 atom stereocenters. The second-order valence-corrected chi connectivity index (χ2v) is 8.76. The fourth-order valence-corrected chi connectivity index (χ4v) is 4.08. The summed E-state index contributed by atoms with van der Waals surface area (Å²) in [6.07, 6.45) is 2.26. The van der Waals surface area contributed by atoms with Gasteiger partial charge in [0.15, 0.2) is 0 Å². The molecule has 3 aromatic heterocycles. The lowest BCUT2D eigenvalue weighted by molar-refractivity contribution is 0.0747. The van der Waals surface area contributed by atoms with Crippen molar-refractivity contribution < 1.29 is 15.0 Å². The monoisotopic (exact) mass is 420 g/mol. The van der Waals surface area contributed by atoms with E-state index in [9.17, 15) is 20.3 Å². The highest BCUT2D eigenvalue weighted by Gasteiger charge is 2.38. The lowest BCUT2D eigenvalue weighted by Crippen LogP contribution is -2.59. The van der Waals surface area contributed by atoms with Crippen LogP contribution in [0.25, 0.3) is 16.9 Å². The largest absolute Gasteiger partial charge is 0.508 e. The third kappa shape index (κ3) is 3.72. The molecule has 1 amide bonds. The number of nitrogens with zero attached hydrogens (tertiary/aromatic N) is 6. The van der Waals surface area contributed by atoms with Crippen molar-refractivity contribution in [1.82, 2.24) is 19.3 Å². The van der Waals surface area contributed by atoms with Crippen molar-refractivity contribution in [1.29, 1.82) is 5.26 Å². The van der Waals surface area contributed by atoms with E-state index in [1.54, 1.807) is 16.7 Å². The van der Waals surface area contributed by atoms with Gasteiger partial charge >= 0.3 is 6.09 Å². The molecular formula is C22H24N6O3. The summed E-state index contributed by atoms with van der Waals surface area (Å²) in [7, 11) is 0. The third-order valence-corrected chi connectivity index (χ3v) is 5.70. The Morgan fingerprint density at radius 1 is 1.19 bits per heavy atom. The zero-order chi connectivity index (χ0) is 22.3. The van der Waals surface area contributed by atoms with Crippen molar-refractivity contribution >= 4 is 17.6 Å². The Morgan fingerprint density at radius 2 is 1.97 bits per heavy atom. The molecular weight excluding hydrogens is 396 g/mol. The lowest BCUT2D eigenvalue weighted by atomic mass is 9.84. The standard InChI is InChI=1S/C22H24N6O3/c1-22(2,3)18-13-26(6-7-27(18)21(30)31)19-5-4-14(11-24-19)17-8-16(29)9-20-25-12-15(10-23)28(17)20/h4-5,8-9,11-12,18,29H,6-7,13H2,1-3H3,(H,30,31). The van der Waals surface area contributed by atoms with Gasteiger partial charge in [-0.05, 0) is 17.5 Å². The van der Waals surface area contributed by atoms with E-state index in [-0.39, 0.29) is 17.2 Å². The summed E-state index contributed by atoms with van der Waals surface area (Å²) in [5.74, 6) is 0.810. The Morgan fingerprint density at radius 3 is 2.58 bits per heavy atom. The third-order valence-electron chi connectivity index (χ3n) is 5.70. The first-order valence-corrected chi connectivity index (χ1v) is 10.0. The number of anilines is 1. The summed E-state index contributed by atoms with van der Waals surface area (Å²) in [6.45, 7) is 7.64. The molecule has 4 heterocycles. The van der Waals surface area contributed by atoms with Crippen LogP contribution >= 0.6 is 0 Å². The molecule has 9 nitrogen and oxygen atoms in total. The molecule has 9 heteroatoms. The summed E-state index contributed by atoms with van der Waals surface area (Å²) in [6, 6.07) is 8.79. The molecule has 4 rings (SSSR count). The number of nitriles is 1. The number of carbonyl (C=O) groups is 1. The molecule has 0 aliphatic carbocycles. The van der Waals surface area contributed by atoms with Crippen LogP contribution in [0.1, 0.15) is 26.5 Å². The minimum Gasteiger partial charge on any atom is -0.508 e. The smallest absolute Gasteiger partial charge is 0.407 e. The molecule has 2 N–H and O–H groups in total. The molecule has 0 aromatic carbocycles. The Bertz CT molecular complexity index is 1170. The van der Waals surface area contributed by atoms with Crippen LogP contribution in [0.3, 0.4) is 0 Å². The van der Waals surface area contributed by atoms with Crippen LogP contribution < -0.4 is 4.90 Å². The second kappa shape index (κ2) is 7.47. The van der Waals surface area contributed by atoms with Crippen LogP contribution in [-0.4, -0.2) is 61.3 Å². The van der Waals surface area contributed by atoms with Gasteiger partial charge in [-0.25, -0.2) is 14.8 Å². The summed E-state index contributed by atoms with van der Waals surface area (Å²) in [5, 5.41) is 29.0. The van der Waals surface area contributed by atoms with Gasteiger partial charge in [-0.15, -0.1) is 0 Å². The van der Waals surface area contributed by atoms with Gasteiger partial charge in [0.2, 0.25) is 0 Å². The topological polar surface area (TPSA) is 118 Å². The van der Waals surface area contributed by atoms with Crippen molar-refractivity contribution in [3.05, 3.63) is 42.4 Å². The molecule has 0 spiro atoms. The number of piperazine rings is 1. The number of amides is 1. The molecule has 0 saturated carbocycles. The summed E-state index contributed by atoms with van der Waals surface area (Å²) >= 11 is 0. The van der Waals surface area contributed by atoms with Crippen LogP contribution in [0.4, 0.5) is 10.6 Å². The van der Waals surface area contributed by atoms with Gasteiger partial charge < -0.3 is 20.0 Å². The number of fused-ring (bicyclic) bond motifs is 1. The van der Waals surface area contributed by atoms with E-state index in [0.29, 0.717) is 36.7 Å². The minimum absolute atomic E-state index is 0.0551. The summed E-state index contributed by atoms with van der Waals surface area (Å²) in [4.78, 5) is 24.0. The van der Waals surface area contributed by atoms with Crippen molar-refractivity contribution in [2.24, 2.45) is 5.41 Å². The number of aromatic nitrogens is 3. The number of aromatic hydroxyl groups is 1. The fraction of sp³-hybridized carbons (Fsp3) is 0.364. The van der Waals surface area contributed by atoms with Crippen molar-refractivity contribution in [3.63, 3.8) is 0 Å². The van der Waals surface area contributed by atoms with E-state index in [1.165, 1.54) is 17.2 Å². The molecule has 31 heavy (non-hydrogen) atoms. The second-order valence-electron chi connectivity index (χ2n) is 8.76. The zero-order valence-corrected chi connectivity index (χ0v) is 17.6. The van der Waals surface area contributed by atoms with E-state index in [0.717, 1.165) is 11.4 Å². The van der Waals surface area contributed by atoms with Gasteiger partial charge in [0.05, 0.1) is 17.9 Å². The van der Waals surface area contributed by atoms with E-state index in [1.807, 2.05) is 32.9 Å². The first kappa shape index (κ1) is 20.5. The van der Waals surface area contributed by atoms with Gasteiger partial charge in [-0.3, -0.25) is 4.40 Å². The Labute approximate surface area is 179 Å². The van der Waals surface area contributed by atoms with Crippen LogP contribution in [0.15, 0.2) is 36.7 Å². The number of hydrogen-bond acceptors (Lipinski definition) is 6. The number of hydrogen-bond donors (Lipinski definition) is 2. The Balaban J connectivity index is 1.66. The molecule has 0 radical (unpaired) electrons. The molecule has 160 valence electrons. The predicted molar refractivity (Wildman–Crippen MR) is 115 cm³/mol. The first-order chi connectivity index (χ1) is 14.7. The van der Waals surface area contributed by atoms with Crippen LogP contribution in [-0.2, 0) is 0 Å². The lowest BCUT2D eigenvalue weighted by Gasteiger charge is -2.46. The summed E-state index contributed by atoms with van der Waals surface area (Å²) < 4.78 is 1.68.